The summed E-state index contributed by atoms with van der Waals surface area (Å²) in [7, 11) is 0. The smallest absolute Gasteiger partial charge is 0.228 e. The maximum atomic E-state index is 6.50. The first kappa shape index (κ1) is 30.2. The summed E-state index contributed by atoms with van der Waals surface area (Å²) in [6.07, 6.45) is 0. The van der Waals surface area contributed by atoms with Gasteiger partial charge < -0.3 is 4.42 Å². The van der Waals surface area contributed by atoms with Crippen molar-refractivity contribution in [2.75, 3.05) is 0 Å². The Morgan fingerprint density at radius 2 is 1.17 bits per heavy atom. The first-order valence-electron chi connectivity index (χ1n) is 17.8. The minimum atomic E-state index is -0.128. The van der Waals surface area contributed by atoms with E-state index in [0.717, 1.165) is 53.5 Å². The van der Waals surface area contributed by atoms with Gasteiger partial charge in [0, 0.05) is 47.7 Å². The predicted molar refractivity (Wildman–Crippen MR) is 217 cm³/mol. The van der Waals surface area contributed by atoms with Gasteiger partial charge in [0.05, 0.1) is 5.56 Å². The van der Waals surface area contributed by atoms with Crippen LogP contribution in [0, 0.1) is 0 Å². The molecule has 7 aromatic carbocycles. The summed E-state index contributed by atoms with van der Waals surface area (Å²) in [6, 6.07) is 50.8. The molecule has 0 fully saturated rings. The zero-order chi connectivity index (χ0) is 35.3. The van der Waals surface area contributed by atoms with Crippen LogP contribution in [-0.4, -0.2) is 19.9 Å². The molecule has 0 N–H and O–H groups in total. The molecule has 0 spiro atoms. The van der Waals surface area contributed by atoms with Crippen LogP contribution in [0.3, 0.4) is 0 Å². The largest absolute Gasteiger partial charge is 0.435 e. The lowest BCUT2D eigenvalue weighted by molar-refractivity contribution is 0.624. The summed E-state index contributed by atoms with van der Waals surface area (Å²) in [4.78, 5) is 20.2. The highest BCUT2D eigenvalue weighted by molar-refractivity contribution is 7.26. The number of fused-ring (bicyclic) bond motifs is 9. The summed E-state index contributed by atoms with van der Waals surface area (Å²) >= 11 is 1.74. The van der Waals surface area contributed by atoms with E-state index in [0.29, 0.717) is 23.4 Å². The highest BCUT2D eigenvalue weighted by Gasteiger charge is 2.35. The Morgan fingerprint density at radius 1 is 0.491 bits per heavy atom. The molecule has 6 heteroatoms. The molecule has 0 unspecified atom stereocenters. The summed E-state index contributed by atoms with van der Waals surface area (Å²) in [5, 5.41) is 4.55. The van der Waals surface area contributed by atoms with Crippen LogP contribution in [-0.2, 0) is 5.41 Å². The lowest BCUT2D eigenvalue weighted by atomic mass is 9.82. The van der Waals surface area contributed by atoms with Gasteiger partial charge in [0.1, 0.15) is 5.52 Å². The lowest BCUT2D eigenvalue weighted by Gasteiger charge is -2.21. The summed E-state index contributed by atoms with van der Waals surface area (Å²) in [5.74, 6) is 2.58. The molecule has 3 heterocycles. The van der Waals surface area contributed by atoms with Crippen LogP contribution in [0.4, 0.5) is 0 Å². The Hall–Kier alpha value is -6.50. The Kier molecular flexibility index (Phi) is 6.40. The Labute approximate surface area is 309 Å². The zero-order valence-electron chi connectivity index (χ0n) is 29.0. The van der Waals surface area contributed by atoms with Crippen LogP contribution in [0.1, 0.15) is 25.0 Å². The molecular weight excluding hydrogens is 669 g/mol. The molecule has 0 aliphatic heterocycles. The van der Waals surface area contributed by atoms with E-state index in [9.17, 15) is 0 Å². The van der Waals surface area contributed by atoms with Crippen molar-refractivity contribution in [2.45, 2.75) is 19.3 Å². The molecule has 0 bridgehead atoms. The number of rotatable bonds is 4. The van der Waals surface area contributed by atoms with Crippen molar-refractivity contribution in [1.29, 1.82) is 0 Å². The lowest BCUT2D eigenvalue weighted by Crippen LogP contribution is -2.15. The van der Waals surface area contributed by atoms with Crippen molar-refractivity contribution in [3.05, 3.63) is 157 Å². The molecule has 3 aromatic heterocycles. The quantitative estimate of drug-likeness (QED) is 0.183. The van der Waals surface area contributed by atoms with Crippen LogP contribution in [0.5, 0.6) is 0 Å². The van der Waals surface area contributed by atoms with Crippen molar-refractivity contribution >= 4 is 53.4 Å². The van der Waals surface area contributed by atoms with Crippen molar-refractivity contribution in [2.24, 2.45) is 0 Å². The number of hydrogen-bond donors (Lipinski definition) is 0. The fraction of sp³-hybridized carbons (Fsp3) is 0.0638. The molecule has 0 saturated carbocycles. The van der Waals surface area contributed by atoms with Crippen molar-refractivity contribution < 1.29 is 4.42 Å². The van der Waals surface area contributed by atoms with E-state index >= 15 is 0 Å². The summed E-state index contributed by atoms with van der Waals surface area (Å²) < 4.78 is 8.79. The minimum absolute atomic E-state index is 0.128. The number of nitrogens with zero attached hydrogens (tertiary/aromatic N) is 4. The van der Waals surface area contributed by atoms with Crippen LogP contribution < -0.4 is 0 Å². The number of benzene rings is 7. The zero-order valence-corrected chi connectivity index (χ0v) is 29.8. The normalized spacial score (nSPS) is 13.2. The number of hydrogen-bond acceptors (Lipinski definition) is 6. The van der Waals surface area contributed by atoms with Gasteiger partial charge in [-0.3, -0.25) is 0 Å². The van der Waals surface area contributed by atoms with Crippen LogP contribution in [0.15, 0.2) is 150 Å². The molecule has 1 aliphatic carbocycles. The fourth-order valence-electron chi connectivity index (χ4n) is 8.07. The molecule has 0 radical (unpaired) electrons. The molecule has 10 aromatic rings. The van der Waals surface area contributed by atoms with E-state index in [2.05, 4.69) is 123 Å². The van der Waals surface area contributed by atoms with Crippen LogP contribution in [0.2, 0.25) is 0 Å². The van der Waals surface area contributed by atoms with Gasteiger partial charge in [0.2, 0.25) is 5.89 Å². The van der Waals surface area contributed by atoms with Gasteiger partial charge in [-0.15, -0.1) is 11.3 Å². The highest BCUT2D eigenvalue weighted by Crippen LogP contribution is 2.49. The Morgan fingerprint density at radius 3 is 2.04 bits per heavy atom. The van der Waals surface area contributed by atoms with Crippen molar-refractivity contribution in [3.8, 4) is 56.7 Å². The maximum absolute atomic E-state index is 6.50. The molecular formula is C47H30N4OS. The molecule has 250 valence electrons. The van der Waals surface area contributed by atoms with Gasteiger partial charge in [-0.25, -0.2) is 19.9 Å². The SMILES string of the molecule is CC1(C)c2ccccc2-c2ccc(-c3nc(-c4ccccc4)nc(-c4ccc5c(c4)sc4c(-c6nc7ccc8ccccc8c7o6)cccc45)n3)cc21. The van der Waals surface area contributed by atoms with Gasteiger partial charge in [-0.05, 0) is 51.9 Å². The molecule has 0 amide bonds. The second-order valence-corrected chi connectivity index (χ2v) is 15.3. The molecule has 5 nitrogen and oxygen atoms in total. The first-order chi connectivity index (χ1) is 26.0. The van der Waals surface area contributed by atoms with Crippen LogP contribution >= 0.6 is 11.3 Å². The van der Waals surface area contributed by atoms with E-state index in [-0.39, 0.29) is 5.41 Å². The Balaban J connectivity index is 1.05. The highest BCUT2D eigenvalue weighted by atomic mass is 32.1. The second-order valence-electron chi connectivity index (χ2n) is 14.3. The van der Waals surface area contributed by atoms with E-state index < -0.39 is 0 Å². The minimum Gasteiger partial charge on any atom is -0.435 e. The Bertz CT molecular complexity index is 3100. The third-order valence-electron chi connectivity index (χ3n) is 10.8. The third kappa shape index (κ3) is 4.62. The van der Waals surface area contributed by atoms with Gasteiger partial charge in [0.25, 0.3) is 0 Å². The van der Waals surface area contributed by atoms with Crippen LogP contribution in [0.25, 0.3) is 98.8 Å². The maximum Gasteiger partial charge on any atom is 0.228 e. The standard InChI is InChI=1S/C47H30N4OS/c1-47(2)37-18-9-8-15-32(37)33-22-19-29(25-38(33)47)44-49-43(28-12-4-3-5-13-28)50-45(51-44)30-20-23-34-35-16-10-17-36(42(35)53-40(34)26-30)46-48-39-24-21-27-11-6-7-14-31(27)41(39)52-46/h3-26H,1-2H3. The van der Waals surface area contributed by atoms with Gasteiger partial charge >= 0.3 is 0 Å². The van der Waals surface area contributed by atoms with Gasteiger partial charge in [-0.1, -0.05) is 135 Å². The monoisotopic (exact) mass is 698 g/mol. The van der Waals surface area contributed by atoms with E-state index in [1.807, 2.05) is 36.4 Å². The van der Waals surface area contributed by atoms with Crippen molar-refractivity contribution in [3.63, 3.8) is 0 Å². The van der Waals surface area contributed by atoms with Gasteiger partial charge in [-0.2, -0.15) is 0 Å². The molecule has 0 saturated heterocycles. The van der Waals surface area contributed by atoms with E-state index in [1.54, 1.807) is 11.3 Å². The predicted octanol–water partition coefficient (Wildman–Crippen LogP) is 12.5. The summed E-state index contributed by atoms with van der Waals surface area (Å²) in [5.41, 5.74) is 10.6. The molecule has 1 aliphatic rings. The molecule has 53 heavy (non-hydrogen) atoms. The number of thiophene rings is 1. The average molecular weight is 699 g/mol. The number of aromatic nitrogens is 4. The second kappa shape index (κ2) is 11.2. The molecule has 0 atom stereocenters. The van der Waals surface area contributed by atoms with E-state index in [1.165, 1.54) is 33.0 Å². The van der Waals surface area contributed by atoms with Crippen molar-refractivity contribution in [1.82, 2.24) is 19.9 Å². The first-order valence-corrected chi connectivity index (χ1v) is 18.6. The molecule has 11 rings (SSSR count). The topological polar surface area (TPSA) is 64.7 Å². The van der Waals surface area contributed by atoms with Gasteiger partial charge in [0.15, 0.2) is 23.1 Å². The number of oxazole rings is 1. The average Bonchev–Trinajstić information content (AvgIpc) is 3.88. The fourth-order valence-corrected chi connectivity index (χ4v) is 9.32. The van der Waals surface area contributed by atoms with E-state index in [4.69, 9.17) is 24.4 Å². The summed E-state index contributed by atoms with van der Waals surface area (Å²) in [6.45, 7) is 4.60. The third-order valence-corrected chi connectivity index (χ3v) is 12.0.